The van der Waals surface area contributed by atoms with Gasteiger partial charge in [-0.3, -0.25) is 0 Å². The van der Waals surface area contributed by atoms with E-state index in [4.69, 9.17) is 9.47 Å². The van der Waals surface area contributed by atoms with Crippen molar-refractivity contribution in [2.75, 3.05) is 13.2 Å². The second kappa shape index (κ2) is 5.51. The van der Waals surface area contributed by atoms with Crippen LogP contribution in [0.2, 0.25) is 0 Å². The Labute approximate surface area is 74.7 Å². The summed E-state index contributed by atoms with van der Waals surface area (Å²) in [7, 11) is 0. The van der Waals surface area contributed by atoms with Crippen LogP contribution in [-0.2, 0) is 9.47 Å². The van der Waals surface area contributed by atoms with Crippen LogP contribution in [0.4, 0.5) is 0 Å². The highest BCUT2D eigenvalue weighted by molar-refractivity contribution is 4.49. The van der Waals surface area contributed by atoms with Gasteiger partial charge in [-0.2, -0.15) is 0 Å². The molecule has 0 aliphatic heterocycles. The van der Waals surface area contributed by atoms with Gasteiger partial charge in [-0.15, -0.1) is 0 Å². The normalized spacial score (nSPS) is 18.8. The molecule has 12 heavy (non-hydrogen) atoms. The van der Waals surface area contributed by atoms with Crippen molar-refractivity contribution in [1.82, 2.24) is 0 Å². The van der Waals surface area contributed by atoms with Crippen LogP contribution < -0.4 is 0 Å². The molecule has 1 N–H and O–H groups in total. The van der Waals surface area contributed by atoms with Gasteiger partial charge < -0.3 is 14.6 Å². The number of hydrogen-bond acceptors (Lipinski definition) is 3. The van der Waals surface area contributed by atoms with Crippen molar-refractivity contribution in [3.63, 3.8) is 0 Å². The monoisotopic (exact) mass is 176 g/mol. The van der Waals surface area contributed by atoms with Gasteiger partial charge in [0.05, 0.1) is 6.61 Å². The Morgan fingerprint density at radius 3 is 2.33 bits per heavy atom. The van der Waals surface area contributed by atoms with E-state index in [-0.39, 0.29) is 0 Å². The van der Waals surface area contributed by atoms with Crippen LogP contribution in [0.1, 0.15) is 34.1 Å². The van der Waals surface area contributed by atoms with Crippen molar-refractivity contribution in [1.29, 1.82) is 0 Å². The Hall–Kier alpha value is -0.120. The second-order valence-corrected chi connectivity index (χ2v) is 3.16. The van der Waals surface area contributed by atoms with Crippen molar-refractivity contribution in [3.05, 3.63) is 0 Å². The fourth-order valence-electron chi connectivity index (χ4n) is 0.724. The molecule has 0 aromatic rings. The lowest BCUT2D eigenvalue weighted by atomic mass is 10.1. The quantitative estimate of drug-likeness (QED) is 0.627. The van der Waals surface area contributed by atoms with Crippen LogP contribution in [-0.4, -0.2) is 24.3 Å². The molecular weight excluding hydrogens is 156 g/mol. The molecule has 0 aromatic carbocycles. The third-order valence-corrected chi connectivity index (χ3v) is 1.74. The highest BCUT2D eigenvalue weighted by atomic mass is 16.8. The van der Waals surface area contributed by atoms with Crippen LogP contribution in [0.15, 0.2) is 0 Å². The highest BCUT2D eigenvalue weighted by Crippen LogP contribution is 2.11. The van der Waals surface area contributed by atoms with Gasteiger partial charge in [0.2, 0.25) is 0 Å². The van der Waals surface area contributed by atoms with Gasteiger partial charge in [0.15, 0.2) is 0 Å². The molecule has 0 amide bonds. The largest absolute Gasteiger partial charge is 0.344 e. The molecular formula is C9H20O3. The Morgan fingerprint density at radius 1 is 1.33 bits per heavy atom. The molecule has 0 heterocycles. The first-order valence-corrected chi connectivity index (χ1v) is 4.52. The molecule has 2 atom stereocenters. The number of rotatable bonds is 6. The average Bonchev–Trinajstić information content (AvgIpc) is 2.00. The van der Waals surface area contributed by atoms with Crippen LogP contribution in [0.5, 0.6) is 0 Å². The molecule has 0 saturated heterocycles. The summed E-state index contributed by atoms with van der Waals surface area (Å²) in [6, 6.07) is 0. The van der Waals surface area contributed by atoms with E-state index >= 15 is 0 Å². The Bertz CT molecular complexity index is 112. The van der Waals surface area contributed by atoms with E-state index in [0.29, 0.717) is 19.1 Å². The van der Waals surface area contributed by atoms with Crippen molar-refractivity contribution in [2.45, 2.75) is 40.1 Å². The minimum absolute atomic E-state index is 0.452. The molecule has 2 unspecified atom stereocenters. The molecule has 0 aliphatic rings. The van der Waals surface area contributed by atoms with E-state index in [1.54, 1.807) is 0 Å². The molecule has 0 saturated carbocycles. The Kier molecular flexibility index (Phi) is 5.46. The fraction of sp³-hybridized carbons (Fsp3) is 1.00. The summed E-state index contributed by atoms with van der Waals surface area (Å²) in [6.45, 7) is 8.47. The van der Waals surface area contributed by atoms with Crippen LogP contribution in [0.25, 0.3) is 0 Å². The summed E-state index contributed by atoms with van der Waals surface area (Å²) in [4.78, 5) is 0. The van der Waals surface area contributed by atoms with Gasteiger partial charge in [-0.1, -0.05) is 20.3 Å². The van der Waals surface area contributed by atoms with Gasteiger partial charge in [0, 0.05) is 13.5 Å². The first kappa shape index (κ1) is 11.9. The van der Waals surface area contributed by atoms with E-state index < -0.39 is 5.97 Å². The topological polar surface area (TPSA) is 38.7 Å². The van der Waals surface area contributed by atoms with Gasteiger partial charge >= 0.3 is 0 Å². The lowest BCUT2D eigenvalue weighted by Crippen LogP contribution is -2.33. The van der Waals surface area contributed by atoms with E-state index in [9.17, 15) is 5.11 Å². The van der Waals surface area contributed by atoms with Gasteiger partial charge in [-0.25, -0.2) is 0 Å². The second-order valence-electron chi connectivity index (χ2n) is 3.16. The molecule has 0 bridgehead atoms. The Balaban J connectivity index is 3.59. The highest BCUT2D eigenvalue weighted by Gasteiger charge is 2.21. The van der Waals surface area contributed by atoms with Gasteiger partial charge in [0.25, 0.3) is 5.97 Å². The number of hydrogen-bond donors (Lipinski definition) is 1. The van der Waals surface area contributed by atoms with Crippen molar-refractivity contribution < 1.29 is 14.6 Å². The summed E-state index contributed by atoms with van der Waals surface area (Å²) >= 11 is 0. The fourth-order valence-corrected chi connectivity index (χ4v) is 0.724. The van der Waals surface area contributed by atoms with E-state index in [1.807, 2.05) is 6.92 Å². The SMILES string of the molecule is CCOC(C)(O)OCC(C)CC. The Morgan fingerprint density at radius 2 is 1.92 bits per heavy atom. The molecule has 0 spiro atoms. The standard InChI is InChI=1S/C9H20O3/c1-5-8(3)7-12-9(4,10)11-6-2/h8,10H,5-7H2,1-4H3. The number of aliphatic hydroxyl groups is 1. The summed E-state index contributed by atoms with van der Waals surface area (Å²) < 4.78 is 10.1. The molecule has 0 aliphatic carbocycles. The lowest BCUT2D eigenvalue weighted by Gasteiger charge is -2.24. The van der Waals surface area contributed by atoms with Crippen molar-refractivity contribution >= 4 is 0 Å². The van der Waals surface area contributed by atoms with E-state index in [1.165, 1.54) is 6.92 Å². The smallest absolute Gasteiger partial charge is 0.277 e. The molecule has 0 radical (unpaired) electrons. The third kappa shape index (κ3) is 5.52. The summed E-state index contributed by atoms with van der Waals surface area (Å²) in [6.07, 6.45) is 1.04. The predicted molar refractivity (Wildman–Crippen MR) is 47.7 cm³/mol. The van der Waals surface area contributed by atoms with Crippen molar-refractivity contribution in [3.8, 4) is 0 Å². The minimum Gasteiger partial charge on any atom is -0.344 e. The summed E-state index contributed by atoms with van der Waals surface area (Å²) in [5.74, 6) is -0.963. The zero-order valence-electron chi connectivity index (χ0n) is 8.46. The lowest BCUT2D eigenvalue weighted by molar-refractivity contribution is -0.350. The summed E-state index contributed by atoms with van der Waals surface area (Å²) in [5.41, 5.74) is 0. The minimum atomic E-state index is -1.42. The maximum atomic E-state index is 9.41. The predicted octanol–water partition coefficient (Wildman–Crippen LogP) is 1.75. The van der Waals surface area contributed by atoms with E-state index in [0.717, 1.165) is 6.42 Å². The molecule has 3 nitrogen and oxygen atoms in total. The zero-order valence-corrected chi connectivity index (χ0v) is 8.46. The van der Waals surface area contributed by atoms with E-state index in [2.05, 4.69) is 13.8 Å². The number of ether oxygens (including phenoxy) is 2. The first-order chi connectivity index (χ1) is 5.52. The maximum absolute atomic E-state index is 9.41. The van der Waals surface area contributed by atoms with Crippen LogP contribution in [0, 0.1) is 5.92 Å². The van der Waals surface area contributed by atoms with Gasteiger partial charge in [0.1, 0.15) is 0 Å². The molecule has 0 aromatic heterocycles. The molecule has 0 rings (SSSR count). The zero-order chi connectivity index (χ0) is 9.61. The van der Waals surface area contributed by atoms with Crippen molar-refractivity contribution in [2.24, 2.45) is 5.92 Å². The third-order valence-electron chi connectivity index (χ3n) is 1.74. The summed E-state index contributed by atoms with van der Waals surface area (Å²) in [5, 5.41) is 9.41. The maximum Gasteiger partial charge on any atom is 0.277 e. The average molecular weight is 176 g/mol. The molecule has 3 heteroatoms. The molecule has 0 fully saturated rings. The van der Waals surface area contributed by atoms with Crippen LogP contribution >= 0.6 is 0 Å². The van der Waals surface area contributed by atoms with Crippen LogP contribution in [0.3, 0.4) is 0 Å². The first-order valence-electron chi connectivity index (χ1n) is 4.52. The molecule has 74 valence electrons. The van der Waals surface area contributed by atoms with Gasteiger partial charge in [-0.05, 0) is 12.8 Å².